The lowest BCUT2D eigenvalue weighted by atomic mass is 10.2. The van der Waals surface area contributed by atoms with Crippen LogP contribution in [0.2, 0.25) is 0 Å². The second-order valence-electron chi connectivity index (χ2n) is 4.74. The number of pyridine rings is 1. The summed E-state index contributed by atoms with van der Waals surface area (Å²) in [6.07, 6.45) is -3.37. The van der Waals surface area contributed by atoms with Gasteiger partial charge in [0.15, 0.2) is 17.3 Å². The molecule has 0 bridgehead atoms. The highest BCUT2D eigenvalue weighted by atomic mass is 35.5. The molecule has 25 heavy (non-hydrogen) atoms. The SMILES string of the molecule is Cc1c(F)c(OC/C=C/Cl)nc(Oc2cc(C(F)(F)F)nn2C)c1F. The first-order valence-corrected chi connectivity index (χ1v) is 7.11. The van der Waals surface area contributed by atoms with Gasteiger partial charge in [-0.25, -0.2) is 13.5 Å². The number of hydrogen-bond donors (Lipinski definition) is 0. The Hall–Kier alpha value is -2.36. The predicted molar refractivity (Wildman–Crippen MR) is 77.7 cm³/mol. The van der Waals surface area contributed by atoms with E-state index in [9.17, 15) is 22.0 Å². The molecule has 0 saturated heterocycles. The summed E-state index contributed by atoms with van der Waals surface area (Å²) in [6, 6.07) is 0.566. The Kier molecular flexibility index (Phi) is 5.51. The van der Waals surface area contributed by atoms with Crippen LogP contribution in [0.3, 0.4) is 0 Å². The molecule has 0 amide bonds. The van der Waals surface area contributed by atoms with Crippen molar-refractivity contribution >= 4 is 11.6 Å². The first-order valence-electron chi connectivity index (χ1n) is 6.67. The van der Waals surface area contributed by atoms with E-state index in [1.807, 2.05) is 0 Å². The van der Waals surface area contributed by atoms with Crippen LogP contribution in [0.4, 0.5) is 22.0 Å². The van der Waals surface area contributed by atoms with Gasteiger partial charge in [-0.1, -0.05) is 11.6 Å². The molecule has 0 aliphatic heterocycles. The highest BCUT2D eigenvalue weighted by molar-refractivity contribution is 6.25. The molecule has 5 nitrogen and oxygen atoms in total. The van der Waals surface area contributed by atoms with E-state index >= 15 is 0 Å². The van der Waals surface area contributed by atoms with E-state index in [-0.39, 0.29) is 6.61 Å². The second-order valence-corrected chi connectivity index (χ2v) is 4.99. The van der Waals surface area contributed by atoms with Gasteiger partial charge in [0.05, 0.1) is 0 Å². The Morgan fingerprint density at radius 2 is 1.88 bits per heavy atom. The molecule has 0 aromatic carbocycles. The maximum atomic E-state index is 14.1. The van der Waals surface area contributed by atoms with Gasteiger partial charge in [0.1, 0.15) is 6.61 Å². The molecule has 0 saturated carbocycles. The Morgan fingerprint density at radius 1 is 1.24 bits per heavy atom. The van der Waals surface area contributed by atoms with Crippen LogP contribution in [-0.4, -0.2) is 21.4 Å². The predicted octanol–water partition coefficient (Wildman–Crippen LogP) is 4.34. The number of hydrogen-bond acceptors (Lipinski definition) is 4. The summed E-state index contributed by atoms with van der Waals surface area (Å²) in [5.74, 6) is -4.00. The zero-order valence-electron chi connectivity index (χ0n) is 12.9. The average Bonchev–Trinajstić information content (AvgIpc) is 2.91. The molecule has 0 radical (unpaired) electrons. The molecule has 2 aromatic rings. The van der Waals surface area contributed by atoms with Crippen LogP contribution >= 0.6 is 11.6 Å². The number of nitrogens with zero attached hydrogens (tertiary/aromatic N) is 3. The lowest BCUT2D eigenvalue weighted by molar-refractivity contribution is -0.141. The first-order chi connectivity index (χ1) is 11.6. The monoisotopic (exact) mass is 383 g/mol. The standard InChI is InChI=1S/C14H11ClF5N3O2/c1-7-10(16)12(24-5-3-4-15)21-13(11(7)17)25-9-6-8(14(18,19)20)22-23(9)2/h3-4,6H,5H2,1-2H3/b4-3+. The van der Waals surface area contributed by atoms with Crippen molar-refractivity contribution in [1.29, 1.82) is 0 Å². The maximum absolute atomic E-state index is 14.1. The third-order valence-electron chi connectivity index (χ3n) is 2.97. The van der Waals surface area contributed by atoms with E-state index in [2.05, 4.69) is 10.1 Å². The summed E-state index contributed by atoms with van der Waals surface area (Å²) in [5.41, 5.74) is -0.568. The second kappa shape index (κ2) is 7.26. The molecular formula is C14H11ClF5N3O2. The van der Waals surface area contributed by atoms with E-state index in [0.717, 1.165) is 17.1 Å². The molecule has 0 atom stereocenters. The molecule has 2 aromatic heterocycles. The Labute approximate surface area is 143 Å². The van der Waals surface area contributed by atoms with Gasteiger partial charge in [0, 0.05) is 24.2 Å². The van der Waals surface area contributed by atoms with E-state index in [1.165, 1.54) is 13.1 Å². The third-order valence-corrected chi connectivity index (χ3v) is 3.15. The minimum Gasteiger partial charge on any atom is -0.471 e. The summed E-state index contributed by atoms with van der Waals surface area (Å²) in [4.78, 5) is 3.52. The first kappa shape index (κ1) is 19.0. The van der Waals surface area contributed by atoms with Gasteiger partial charge >= 0.3 is 6.18 Å². The summed E-state index contributed by atoms with van der Waals surface area (Å²) >= 11 is 5.30. The molecule has 0 spiro atoms. The Balaban J connectivity index is 2.38. The van der Waals surface area contributed by atoms with Crippen LogP contribution in [0.25, 0.3) is 0 Å². The number of aryl methyl sites for hydroxylation is 1. The van der Waals surface area contributed by atoms with Gasteiger partial charge in [-0.05, 0) is 13.0 Å². The highest BCUT2D eigenvalue weighted by Crippen LogP contribution is 2.34. The van der Waals surface area contributed by atoms with Crippen molar-refractivity contribution < 1.29 is 31.4 Å². The van der Waals surface area contributed by atoms with Gasteiger partial charge in [0.25, 0.3) is 11.8 Å². The molecule has 11 heteroatoms. The number of halogens is 6. The quantitative estimate of drug-likeness (QED) is 0.720. The summed E-state index contributed by atoms with van der Waals surface area (Å²) in [6.45, 7) is 0.954. The summed E-state index contributed by atoms with van der Waals surface area (Å²) in [5, 5.41) is 3.22. The van der Waals surface area contributed by atoms with Crippen molar-refractivity contribution in [2.45, 2.75) is 13.1 Å². The Morgan fingerprint density at radius 3 is 2.44 bits per heavy atom. The molecule has 0 N–H and O–H groups in total. The van der Waals surface area contributed by atoms with Crippen LogP contribution in [0.5, 0.6) is 17.6 Å². The fourth-order valence-electron chi connectivity index (χ4n) is 1.72. The molecule has 0 aliphatic rings. The fraction of sp³-hybridized carbons (Fsp3) is 0.286. The van der Waals surface area contributed by atoms with Crippen molar-refractivity contribution in [3.63, 3.8) is 0 Å². The molecule has 2 heterocycles. The van der Waals surface area contributed by atoms with Crippen LogP contribution in [0.15, 0.2) is 17.7 Å². The topological polar surface area (TPSA) is 49.2 Å². The normalized spacial score (nSPS) is 12.0. The van der Waals surface area contributed by atoms with Crippen molar-refractivity contribution in [2.75, 3.05) is 6.61 Å². The molecule has 0 unspecified atom stereocenters. The fourth-order valence-corrected chi connectivity index (χ4v) is 1.79. The van der Waals surface area contributed by atoms with Crippen LogP contribution in [0, 0.1) is 18.6 Å². The minimum absolute atomic E-state index is 0.151. The van der Waals surface area contributed by atoms with Crippen molar-refractivity contribution in [1.82, 2.24) is 14.8 Å². The van der Waals surface area contributed by atoms with E-state index < -0.39 is 46.7 Å². The van der Waals surface area contributed by atoms with E-state index in [1.54, 1.807) is 0 Å². The third kappa shape index (κ3) is 4.19. The number of aromatic nitrogens is 3. The zero-order valence-corrected chi connectivity index (χ0v) is 13.6. The summed E-state index contributed by atoms with van der Waals surface area (Å²) in [7, 11) is 1.17. The van der Waals surface area contributed by atoms with Crippen molar-refractivity contribution in [2.24, 2.45) is 7.05 Å². The molecule has 0 fully saturated rings. The summed E-state index contributed by atoms with van der Waals surface area (Å²) < 4.78 is 76.7. The lowest BCUT2D eigenvalue weighted by Gasteiger charge is -2.11. The molecule has 2 rings (SSSR count). The molecule has 0 aliphatic carbocycles. The number of ether oxygens (including phenoxy) is 2. The van der Waals surface area contributed by atoms with Gasteiger partial charge in [0.2, 0.25) is 5.88 Å². The van der Waals surface area contributed by atoms with Crippen molar-refractivity contribution in [3.8, 4) is 17.6 Å². The molecule has 136 valence electrons. The van der Waals surface area contributed by atoms with Crippen LogP contribution < -0.4 is 9.47 Å². The smallest absolute Gasteiger partial charge is 0.435 e. The zero-order chi connectivity index (χ0) is 18.8. The average molecular weight is 384 g/mol. The van der Waals surface area contributed by atoms with E-state index in [4.69, 9.17) is 21.1 Å². The van der Waals surface area contributed by atoms with Gasteiger partial charge < -0.3 is 9.47 Å². The number of alkyl halides is 3. The molecular weight excluding hydrogens is 373 g/mol. The van der Waals surface area contributed by atoms with Gasteiger partial charge in [-0.2, -0.15) is 23.3 Å². The van der Waals surface area contributed by atoms with Crippen LogP contribution in [0.1, 0.15) is 11.3 Å². The Bertz CT molecular complexity index is 805. The van der Waals surface area contributed by atoms with Gasteiger partial charge in [-0.15, -0.1) is 0 Å². The van der Waals surface area contributed by atoms with Crippen LogP contribution in [-0.2, 0) is 13.2 Å². The van der Waals surface area contributed by atoms with Crippen molar-refractivity contribution in [3.05, 3.63) is 40.6 Å². The highest BCUT2D eigenvalue weighted by Gasteiger charge is 2.35. The maximum Gasteiger partial charge on any atom is 0.435 e. The number of rotatable bonds is 5. The van der Waals surface area contributed by atoms with E-state index in [0.29, 0.717) is 6.07 Å². The minimum atomic E-state index is -4.70. The lowest BCUT2D eigenvalue weighted by Crippen LogP contribution is -2.06. The largest absolute Gasteiger partial charge is 0.471 e. The van der Waals surface area contributed by atoms with Gasteiger partial charge in [-0.3, -0.25) is 0 Å².